The summed E-state index contributed by atoms with van der Waals surface area (Å²) in [6.07, 6.45) is 3.17. The normalized spacial score (nSPS) is 21.0. The molecule has 7 nitrogen and oxygen atoms in total. The molecule has 25 heavy (non-hydrogen) atoms. The van der Waals surface area contributed by atoms with Crippen LogP contribution in [0.5, 0.6) is 0 Å². The van der Waals surface area contributed by atoms with Gasteiger partial charge in [0.15, 0.2) is 5.82 Å². The second-order valence-corrected chi connectivity index (χ2v) is 7.26. The van der Waals surface area contributed by atoms with E-state index < -0.39 is 0 Å². The van der Waals surface area contributed by atoms with E-state index in [9.17, 15) is 4.79 Å². The van der Waals surface area contributed by atoms with Gasteiger partial charge in [0.05, 0.1) is 6.10 Å². The first-order valence-corrected chi connectivity index (χ1v) is 9.34. The van der Waals surface area contributed by atoms with Gasteiger partial charge >= 0.3 is 0 Å². The summed E-state index contributed by atoms with van der Waals surface area (Å²) in [6, 6.07) is 3.96. The predicted molar refractivity (Wildman–Crippen MR) is 97.7 cm³/mol. The molecule has 3 rings (SSSR count). The SMILES string of the molecule is CC(C)CC(=O)N1CCN(c2ccc(NCC3CCCO3)nn2)CC1. The molecule has 7 heteroatoms. The standard InChI is InChI=1S/C18H29N5O2/c1-14(2)12-18(24)23-9-7-22(8-10-23)17-6-5-16(20-21-17)19-13-15-4-3-11-25-15/h5-6,14-15H,3-4,7-13H2,1-2H3,(H,19,20). The van der Waals surface area contributed by atoms with E-state index in [-0.39, 0.29) is 12.0 Å². The highest BCUT2D eigenvalue weighted by molar-refractivity contribution is 5.76. The van der Waals surface area contributed by atoms with Crippen LogP contribution in [0.3, 0.4) is 0 Å². The molecule has 1 aromatic rings. The number of hydrogen-bond donors (Lipinski definition) is 1. The lowest BCUT2D eigenvalue weighted by molar-refractivity contribution is -0.132. The summed E-state index contributed by atoms with van der Waals surface area (Å²) in [5.41, 5.74) is 0. The van der Waals surface area contributed by atoms with Crippen LogP contribution in [0.1, 0.15) is 33.1 Å². The van der Waals surface area contributed by atoms with Crippen LogP contribution >= 0.6 is 0 Å². The number of carbonyl (C=O) groups excluding carboxylic acids is 1. The monoisotopic (exact) mass is 347 g/mol. The number of ether oxygens (including phenoxy) is 1. The van der Waals surface area contributed by atoms with Gasteiger partial charge in [-0.1, -0.05) is 13.8 Å². The second-order valence-electron chi connectivity index (χ2n) is 7.26. The molecule has 0 spiro atoms. The minimum atomic E-state index is 0.259. The van der Waals surface area contributed by atoms with Crippen molar-refractivity contribution in [1.82, 2.24) is 15.1 Å². The van der Waals surface area contributed by atoms with Crippen LogP contribution in [0, 0.1) is 5.92 Å². The number of hydrogen-bond acceptors (Lipinski definition) is 6. The van der Waals surface area contributed by atoms with Crippen molar-refractivity contribution in [3.05, 3.63) is 12.1 Å². The number of anilines is 2. The molecule has 2 aliphatic rings. The molecule has 0 aromatic carbocycles. The van der Waals surface area contributed by atoms with Crippen molar-refractivity contribution in [3.63, 3.8) is 0 Å². The molecule has 1 aromatic heterocycles. The maximum atomic E-state index is 12.1. The molecule has 138 valence electrons. The van der Waals surface area contributed by atoms with E-state index >= 15 is 0 Å². The fourth-order valence-corrected chi connectivity index (χ4v) is 3.28. The number of piperazine rings is 1. The van der Waals surface area contributed by atoms with Crippen molar-refractivity contribution >= 4 is 17.5 Å². The average Bonchev–Trinajstić information content (AvgIpc) is 3.13. The van der Waals surface area contributed by atoms with E-state index in [1.807, 2.05) is 17.0 Å². The van der Waals surface area contributed by atoms with Crippen molar-refractivity contribution in [2.24, 2.45) is 5.92 Å². The molecule has 1 unspecified atom stereocenters. The van der Waals surface area contributed by atoms with Gasteiger partial charge in [0.25, 0.3) is 0 Å². The Balaban J connectivity index is 1.45. The summed E-state index contributed by atoms with van der Waals surface area (Å²) in [6.45, 7) is 8.94. The maximum Gasteiger partial charge on any atom is 0.222 e. The van der Waals surface area contributed by atoms with Crippen LogP contribution in [0.2, 0.25) is 0 Å². The summed E-state index contributed by atoms with van der Waals surface area (Å²) < 4.78 is 5.60. The third kappa shape index (κ3) is 5.04. The van der Waals surface area contributed by atoms with E-state index in [0.29, 0.717) is 12.3 Å². The van der Waals surface area contributed by atoms with E-state index in [4.69, 9.17) is 4.74 Å². The van der Waals surface area contributed by atoms with Gasteiger partial charge in [0.2, 0.25) is 5.91 Å². The summed E-state index contributed by atoms with van der Waals surface area (Å²) in [5.74, 6) is 2.32. The van der Waals surface area contributed by atoms with Crippen molar-refractivity contribution in [2.75, 3.05) is 49.5 Å². The molecular formula is C18H29N5O2. The maximum absolute atomic E-state index is 12.1. The molecule has 0 aliphatic carbocycles. The third-order valence-corrected chi connectivity index (χ3v) is 4.72. The zero-order chi connectivity index (χ0) is 17.6. The van der Waals surface area contributed by atoms with Gasteiger partial charge in [-0.3, -0.25) is 4.79 Å². The van der Waals surface area contributed by atoms with Gasteiger partial charge in [-0.25, -0.2) is 0 Å². The summed E-state index contributed by atoms with van der Waals surface area (Å²) >= 11 is 0. The van der Waals surface area contributed by atoms with E-state index in [2.05, 4.69) is 34.3 Å². The summed E-state index contributed by atoms with van der Waals surface area (Å²) in [7, 11) is 0. The van der Waals surface area contributed by atoms with Crippen LogP contribution in [-0.2, 0) is 9.53 Å². The second kappa shape index (κ2) is 8.47. The molecule has 2 aliphatic heterocycles. The number of carbonyl (C=O) groups is 1. The quantitative estimate of drug-likeness (QED) is 0.846. The summed E-state index contributed by atoms with van der Waals surface area (Å²) in [5, 5.41) is 11.9. The van der Waals surface area contributed by atoms with E-state index in [0.717, 1.165) is 63.8 Å². The fourth-order valence-electron chi connectivity index (χ4n) is 3.28. The molecule has 0 bridgehead atoms. The van der Waals surface area contributed by atoms with Gasteiger partial charge in [-0.2, -0.15) is 0 Å². The molecule has 3 heterocycles. The Bertz CT molecular complexity index is 549. The molecule has 2 saturated heterocycles. The Morgan fingerprint density at radius 2 is 2.08 bits per heavy atom. The third-order valence-electron chi connectivity index (χ3n) is 4.72. The molecule has 1 atom stereocenters. The first kappa shape index (κ1) is 17.9. The smallest absolute Gasteiger partial charge is 0.222 e. The highest BCUT2D eigenvalue weighted by Gasteiger charge is 2.22. The highest BCUT2D eigenvalue weighted by Crippen LogP contribution is 2.17. The Morgan fingerprint density at radius 3 is 2.68 bits per heavy atom. The Morgan fingerprint density at radius 1 is 1.28 bits per heavy atom. The average molecular weight is 347 g/mol. The number of nitrogens with one attached hydrogen (secondary N) is 1. The molecular weight excluding hydrogens is 318 g/mol. The van der Waals surface area contributed by atoms with Crippen molar-refractivity contribution in [2.45, 2.75) is 39.2 Å². The number of nitrogens with zero attached hydrogens (tertiary/aromatic N) is 4. The lowest BCUT2D eigenvalue weighted by atomic mass is 10.1. The minimum Gasteiger partial charge on any atom is -0.376 e. The van der Waals surface area contributed by atoms with Crippen molar-refractivity contribution in [1.29, 1.82) is 0 Å². The van der Waals surface area contributed by atoms with Gasteiger partial charge < -0.3 is 19.9 Å². The highest BCUT2D eigenvalue weighted by atomic mass is 16.5. The molecule has 1 N–H and O–H groups in total. The molecule has 0 saturated carbocycles. The molecule has 2 fully saturated rings. The zero-order valence-electron chi connectivity index (χ0n) is 15.3. The van der Waals surface area contributed by atoms with Gasteiger partial charge in [-0.15, -0.1) is 10.2 Å². The van der Waals surface area contributed by atoms with E-state index in [1.165, 1.54) is 0 Å². The first-order chi connectivity index (χ1) is 12.1. The van der Waals surface area contributed by atoms with Crippen LogP contribution < -0.4 is 10.2 Å². The largest absolute Gasteiger partial charge is 0.376 e. The number of aromatic nitrogens is 2. The van der Waals surface area contributed by atoms with Crippen LogP contribution in [0.4, 0.5) is 11.6 Å². The molecule has 1 amide bonds. The lowest BCUT2D eigenvalue weighted by Gasteiger charge is -2.35. The van der Waals surface area contributed by atoms with Crippen molar-refractivity contribution < 1.29 is 9.53 Å². The lowest BCUT2D eigenvalue weighted by Crippen LogP contribution is -2.49. The van der Waals surface area contributed by atoms with Gasteiger partial charge in [-0.05, 0) is 30.9 Å². The topological polar surface area (TPSA) is 70.6 Å². The van der Waals surface area contributed by atoms with Crippen LogP contribution in [-0.4, -0.2) is 66.4 Å². The Labute approximate surface area is 149 Å². The van der Waals surface area contributed by atoms with Gasteiger partial charge in [0.1, 0.15) is 5.82 Å². The van der Waals surface area contributed by atoms with Gasteiger partial charge in [0, 0.05) is 45.8 Å². The number of amides is 1. The van der Waals surface area contributed by atoms with Crippen LogP contribution in [0.25, 0.3) is 0 Å². The Kier molecular flexibility index (Phi) is 6.07. The summed E-state index contributed by atoms with van der Waals surface area (Å²) in [4.78, 5) is 16.3. The zero-order valence-corrected chi connectivity index (χ0v) is 15.3. The number of rotatable bonds is 6. The fraction of sp³-hybridized carbons (Fsp3) is 0.722. The van der Waals surface area contributed by atoms with Crippen LogP contribution in [0.15, 0.2) is 12.1 Å². The van der Waals surface area contributed by atoms with E-state index in [1.54, 1.807) is 0 Å². The predicted octanol–water partition coefficient (Wildman–Crippen LogP) is 1.76. The Hall–Kier alpha value is -1.89. The first-order valence-electron chi connectivity index (χ1n) is 9.34. The molecule has 0 radical (unpaired) electrons. The van der Waals surface area contributed by atoms with Crippen molar-refractivity contribution in [3.8, 4) is 0 Å². The minimum absolute atomic E-state index is 0.259.